The highest BCUT2D eigenvalue weighted by atomic mass is 32.2. The molecule has 3 amide bonds. The Kier molecular flexibility index (Phi) is 16.4. The predicted octanol–water partition coefficient (Wildman–Crippen LogP) is 7.12. The van der Waals surface area contributed by atoms with Crippen LogP contribution in [0, 0.1) is 6.92 Å². The molecule has 300 valence electrons. The van der Waals surface area contributed by atoms with E-state index >= 15 is 0 Å². The molecule has 0 unspecified atom stereocenters. The van der Waals surface area contributed by atoms with Gasteiger partial charge in [0.2, 0.25) is 11.8 Å². The normalized spacial score (nSPS) is 12.0. The fraction of sp³-hybridized carbons (Fsp3) is 0.419. The molecule has 13 heteroatoms. The third-order valence-electron chi connectivity index (χ3n) is 8.77. The molecule has 56 heavy (non-hydrogen) atoms. The zero-order chi connectivity index (χ0) is 40.6. The molecule has 2 N–H and O–H groups in total. The standard InChI is InChI=1S/C43H53N3O9S/c1-31-37(54-41(51)53-31)30-52-40(50)46(27-25-44-39(49)36(45-32(2)47)29-38(48)55-42(3,4)5)26-17-6-7-18-28-56-43(33-19-11-8-12-20-33,34-21-13-9-14-22-34)35-23-15-10-16-24-35/h8-16,19-24,36H,6-7,17-18,25-30H2,1-5H3,(H,44,49)(H,45,47)/t36-/m0/s1. The Bertz CT molecular complexity index is 1810. The van der Waals surface area contributed by atoms with E-state index in [0.717, 1.165) is 25.0 Å². The zero-order valence-corrected chi connectivity index (χ0v) is 33.7. The molecule has 0 aliphatic carbocycles. The van der Waals surface area contributed by atoms with Crippen molar-refractivity contribution in [3.8, 4) is 0 Å². The average Bonchev–Trinajstić information content (AvgIpc) is 3.49. The van der Waals surface area contributed by atoms with E-state index in [1.54, 1.807) is 20.8 Å². The lowest BCUT2D eigenvalue weighted by molar-refractivity contribution is -0.156. The van der Waals surface area contributed by atoms with E-state index < -0.39 is 46.1 Å². The first-order valence-electron chi connectivity index (χ1n) is 18.9. The third-order valence-corrected chi connectivity index (χ3v) is 10.4. The number of thioether (sulfide) groups is 1. The summed E-state index contributed by atoms with van der Waals surface area (Å²) in [5, 5.41) is 5.21. The fourth-order valence-electron chi connectivity index (χ4n) is 6.21. The first-order chi connectivity index (χ1) is 26.8. The molecule has 0 saturated carbocycles. The Morgan fingerprint density at radius 3 is 1.84 bits per heavy atom. The maximum Gasteiger partial charge on any atom is 0.519 e. The zero-order valence-electron chi connectivity index (χ0n) is 32.8. The summed E-state index contributed by atoms with van der Waals surface area (Å²) in [6, 6.07) is 30.5. The first-order valence-corrected chi connectivity index (χ1v) is 19.9. The van der Waals surface area contributed by atoms with Crippen LogP contribution in [-0.2, 0) is 35.2 Å². The van der Waals surface area contributed by atoms with Crippen molar-refractivity contribution < 1.29 is 37.5 Å². The van der Waals surface area contributed by atoms with Gasteiger partial charge in [0.05, 0.1) is 11.2 Å². The van der Waals surface area contributed by atoms with Crippen LogP contribution in [-0.4, -0.2) is 65.8 Å². The predicted molar refractivity (Wildman–Crippen MR) is 215 cm³/mol. The first kappa shape index (κ1) is 43.4. The van der Waals surface area contributed by atoms with Gasteiger partial charge in [-0.3, -0.25) is 14.4 Å². The number of nitrogens with zero attached hydrogens (tertiary/aromatic N) is 1. The van der Waals surface area contributed by atoms with Crippen LogP contribution in [0.25, 0.3) is 0 Å². The van der Waals surface area contributed by atoms with Gasteiger partial charge >= 0.3 is 17.9 Å². The molecule has 1 heterocycles. The molecule has 0 spiro atoms. The van der Waals surface area contributed by atoms with Gasteiger partial charge in [-0.05, 0) is 63.0 Å². The minimum absolute atomic E-state index is 0.0232. The molecule has 3 aromatic carbocycles. The molecular weight excluding hydrogens is 735 g/mol. The minimum Gasteiger partial charge on any atom is -0.460 e. The number of esters is 1. The average molecular weight is 788 g/mol. The quantitative estimate of drug-likeness (QED) is 0.0537. The lowest BCUT2D eigenvalue weighted by atomic mass is 9.84. The summed E-state index contributed by atoms with van der Waals surface area (Å²) in [6.07, 6.45) is 2.35. The van der Waals surface area contributed by atoms with E-state index in [2.05, 4.69) is 83.4 Å². The number of nitrogens with one attached hydrogen (secondary N) is 2. The van der Waals surface area contributed by atoms with Gasteiger partial charge in [0.1, 0.15) is 11.6 Å². The molecule has 1 aromatic heterocycles. The maximum absolute atomic E-state index is 13.3. The van der Waals surface area contributed by atoms with E-state index in [0.29, 0.717) is 13.0 Å². The molecule has 0 radical (unpaired) electrons. The van der Waals surface area contributed by atoms with Crippen molar-refractivity contribution in [3.63, 3.8) is 0 Å². The molecule has 0 fully saturated rings. The summed E-state index contributed by atoms with van der Waals surface area (Å²) >= 11 is 1.91. The van der Waals surface area contributed by atoms with Crippen molar-refractivity contribution >= 4 is 35.6 Å². The monoisotopic (exact) mass is 787 g/mol. The van der Waals surface area contributed by atoms with E-state index in [1.807, 2.05) is 30.0 Å². The van der Waals surface area contributed by atoms with Gasteiger partial charge in [0.25, 0.3) is 0 Å². The van der Waals surface area contributed by atoms with Gasteiger partial charge in [-0.25, -0.2) is 9.59 Å². The van der Waals surface area contributed by atoms with Gasteiger partial charge in [0.15, 0.2) is 18.1 Å². The molecule has 4 rings (SSSR count). The molecule has 0 aliphatic rings. The van der Waals surface area contributed by atoms with E-state index in [1.165, 1.54) is 35.4 Å². The molecule has 4 aromatic rings. The number of aryl methyl sites for hydroxylation is 1. The summed E-state index contributed by atoms with van der Waals surface area (Å²) in [7, 11) is 0. The number of hydrogen-bond donors (Lipinski definition) is 2. The van der Waals surface area contributed by atoms with Gasteiger partial charge in [0, 0.05) is 26.6 Å². The Morgan fingerprint density at radius 1 is 0.786 bits per heavy atom. The highest BCUT2D eigenvalue weighted by molar-refractivity contribution is 8.00. The number of rotatable bonds is 20. The molecule has 1 atom stereocenters. The molecule has 0 saturated heterocycles. The second-order valence-electron chi connectivity index (χ2n) is 14.4. The number of carbonyl (C=O) groups is 4. The Morgan fingerprint density at radius 2 is 1.34 bits per heavy atom. The fourth-order valence-corrected chi connectivity index (χ4v) is 7.78. The van der Waals surface area contributed by atoms with Gasteiger partial charge < -0.3 is 33.8 Å². The molecule has 0 bridgehead atoms. The van der Waals surface area contributed by atoms with Crippen LogP contribution in [0.1, 0.15) is 88.0 Å². The SMILES string of the molecule is CC(=O)N[C@@H](CC(=O)OC(C)(C)C)C(=O)NCCN(CCCCCCSC(c1ccccc1)(c1ccccc1)c1ccccc1)C(=O)OCc1oc(=O)oc1C. The number of hydrogen-bond acceptors (Lipinski definition) is 10. The van der Waals surface area contributed by atoms with Gasteiger partial charge in [-0.1, -0.05) is 104 Å². The van der Waals surface area contributed by atoms with Gasteiger partial charge in [-0.2, -0.15) is 0 Å². The highest BCUT2D eigenvalue weighted by Crippen LogP contribution is 2.48. The second-order valence-corrected chi connectivity index (χ2v) is 15.7. The van der Waals surface area contributed by atoms with Gasteiger partial charge in [-0.15, -0.1) is 11.8 Å². The summed E-state index contributed by atoms with van der Waals surface area (Å²) in [4.78, 5) is 63.5. The van der Waals surface area contributed by atoms with E-state index in [4.69, 9.17) is 18.3 Å². The second kappa shape index (κ2) is 21.1. The van der Waals surface area contributed by atoms with E-state index in [9.17, 15) is 24.0 Å². The minimum atomic E-state index is -1.16. The number of amides is 3. The summed E-state index contributed by atoms with van der Waals surface area (Å²) in [5.41, 5.74) is 2.87. The Balaban J connectivity index is 1.36. The van der Waals surface area contributed by atoms with Crippen molar-refractivity contribution in [1.82, 2.24) is 15.5 Å². The third kappa shape index (κ3) is 13.2. The summed E-state index contributed by atoms with van der Waals surface area (Å²) in [6.45, 7) is 8.06. The summed E-state index contributed by atoms with van der Waals surface area (Å²) < 4.78 is 20.2. The Hall–Kier alpha value is -5.30. The van der Waals surface area contributed by atoms with Crippen LogP contribution in [0.4, 0.5) is 4.79 Å². The van der Waals surface area contributed by atoms with Crippen LogP contribution in [0.3, 0.4) is 0 Å². The summed E-state index contributed by atoms with van der Waals surface area (Å²) in [5.74, 6) is -1.39. The van der Waals surface area contributed by atoms with Crippen molar-refractivity contribution in [1.29, 1.82) is 0 Å². The van der Waals surface area contributed by atoms with Crippen LogP contribution < -0.4 is 16.5 Å². The smallest absolute Gasteiger partial charge is 0.460 e. The highest BCUT2D eigenvalue weighted by Gasteiger charge is 2.36. The van der Waals surface area contributed by atoms with Crippen molar-refractivity contribution in [2.24, 2.45) is 0 Å². The number of carbonyl (C=O) groups excluding carboxylic acids is 4. The largest absolute Gasteiger partial charge is 0.519 e. The van der Waals surface area contributed by atoms with Crippen molar-refractivity contribution in [2.45, 2.75) is 89.7 Å². The maximum atomic E-state index is 13.3. The number of benzene rings is 3. The lowest BCUT2D eigenvalue weighted by Crippen LogP contribution is -2.49. The van der Waals surface area contributed by atoms with Crippen LogP contribution in [0.5, 0.6) is 0 Å². The topological polar surface area (TPSA) is 157 Å². The molecule has 0 aliphatic heterocycles. The Labute approximate surface area is 332 Å². The van der Waals surface area contributed by atoms with Crippen molar-refractivity contribution in [3.05, 3.63) is 130 Å². The molecular formula is C43H53N3O9S. The number of ether oxygens (including phenoxy) is 2. The van der Waals surface area contributed by atoms with Crippen LogP contribution >= 0.6 is 11.8 Å². The molecule has 12 nitrogen and oxygen atoms in total. The lowest BCUT2D eigenvalue weighted by Gasteiger charge is -2.35. The van der Waals surface area contributed by atoms with E-state index in [-0.39, 0.29) is 37.6 Å². The number of unbranched alkanes of at least 4 members (excludes halogenated alkanes) is 3. The van der Waals surface area contributed by atoms with Crippen LogP contribution in [0.2, 0.25) is 0 Å². The van der Waals surface area contributed by atoms with Crippen molar-refractivity contribution in [2.75, 3.05) is 25.4 Å². The van der Waals surface area contributed by atoms with Crippen LogP contribution in [0.15, 0.2) is 105 Å².